The van der Waals surface area contributed by atoms with Gasteiger partial charge in [0.2, 0.25) is 10.0 Å². The minimum Gasteiger partial charge on any atom is -0.428 e. The highest BCUT2D eigenvalue weighted by molar-refractivity contribution is 7.88. The molecule has 1 aliphatic rings. The summed E-state index contributed by atoms with van der Waals surface area (Å²) in [5, 5.41) is 10.6. The van der Waals surface area contributed by atoms with E-state index in [0.717, 1.165) is 35.3 Å². The molecular weight excluding hydrogens is 290 g/mol. The Morgan fingerprint density at radius 3 is 2.52 bits per heavy atom. The molecule has 6 nitrogen and oxygen atoms in total. The third-order valence-corrected chi connectivity index (χ3v) is 5.24. The summed E-state index contributed by atoms with van der Waals surface area (Å²) in [5.74, 6) is 0. The van der Waals surface area contributed by atoms with Crippen LogP contribution in [0, 0.1) is 0 Å². The van der Waals surface area contributed by atoms with Crippen molar-refractivity contribution in [3.8, 4) is 0 Å². The largest absolute Gasteiger partial charge is 0.428 e. The first-order valence-corrected chi connectivity index (χ1v) is 8.75. The van der Waals surface area contributed by atoms with Gasteiger partial charge in [0.15, 0.2) is 0 Å². The zero-order chi connectivity index (χ0) is 15.0. The second kappa shape index (κ2) is 5.32. The summed E-state index contributed by atoms with van der Waals surface area (Å²) in [6.07, 6.45) is 2.88. The molecule has 0 unspecified atom stereocenters. The Morgan fingerprint density at radius 2 is 1.86 bits per heavy atom. The fourth-order valence-electron chi connectivity index (χ4n) is 2.75. The number of rotatable bonds is 3. The van der Waals surface area contributed by atoms with E-state index >= 15 is 0 Å². The van der Waals surface area contributed by atoms with Crippen LogP contribution < -0.4 is 0 Å². The lowest BCUT2D eigenvalue weighted by molar-refractivity contribution is 0.182. The first kappa shape index (κ1) is 14.4. The molecule has 1 fully saturated rings. The normalized spacial score (nSPS) is 18.3. The highest BCUT2D eigenvalue weighted by Gasteiger charge is 2.23. The monoisotopic (exact) mass is 309 g/mol. The highest BCUT2D eigenvalue weighted by atomic mass is 32.2. The number of benzene rings is 1. The van der Waals surface area contributed by atoms with Crippen molar-refractivity contribution >= 4 is 20.9 Å². The van der Waals surface area contributed by atoms with Gasteiger partial charge in [0.25, 0.3) is 0 Å². The van der Waals surface area contributed by atoms with E-state index in [1.165, 1.54) is 16.1 Å². The Labute approximate surface area is 124 Å². The van der Waals surface area contributed by atoms with Crippen LogP contribution in [0.5, 0.6) is 0 Å². The summed E-state index contributed by atoms with van der Waals surface area (Å²) in [4.78, 5) is 2.25. The minimum absolute atomic E-state index is 0.550. The third-order valence-electron chi connectivity index (χ3n) is 3.94. The molecule has 2 heterocycles. The SMILES string of the molecule is CS(=O)(=O)N1CCN(Cc2ccc3c(ccn3O)c2)CC1. The van der Waals surface area contributed by atoms with Crippen LogP contribution in [0.2, 0.25) is 0 Å². The fourth-order valence-corrected chi connectivity index (χ4v) is 3.58. The average molecular weight is 309 g/mol. The van der Waals surface area contributed by atoms with Crippen LogP contribution in [-0.2, 0) is 16.6 Å². The van der Waals surface area contributed by atoms with Crippen molar-refractivity contribution in [2.45, 2.75) is 6.54 Å². The van der Waals surface area contributed by atoms with Gasteiger partial charge in [-0.2, -0.15) is 9.04 Å². The number of fused-ring (bicyclic) bond motifs is 1. The van der Waals surface area contributed by atoms with Gasteiger partial charge in [-0.3, -0.25) is 4.90 Å². The second-order valence-corrected chi connectivity index (χ2v) is 7.47. The molecule has 0 bridgehead atoms. The molecule has 1 saturated heterocycles. The van der Waals surface area contributed by atoms with Crippen LogP contribution in [0.1, 0.15) is 5.56 Å². The molecular formula is C14H19N3O3S. The van der Waals surface area contributed by atoms with Crippen molar-refractivity contribution in [3.05, 3.63) is 36.0 Å². The summed E-state index contributed by atoms with van der Waals surface area (Å²) < 4.78 is 25.6. The first-order chi connectivity index (χ1) is 9.93. The lowest BCUT2D eigenvalue weighted by atomic mass is 10.1. The Kier molecular flexibility index (Phi) is 3.64. The third kappa shape index (κ3) is 3.04. The van der Waals surface area contributed by atoms with E-state index in [9.17, 15) is 13.6 Å². The molecule has 0 amide bonds. The number of hydrogen-bond acceptors (Lipinski definition) is 4. The number of hydrogen-bond donors (Lipinski definition) is 1. The smallest absolute Gasteiger partial charge is 0.211 e. The van der Waals surface area contributed by atoms with Crippen LogP contribution in [0.15, 0.2) is 30.5 Å². The molecule has 1 aromatic carbocycles. The lowest BCUT2D eigenvalue weighted by Gasteiger charge is -2.33. The van der Waals surface area contributed by atoms with Gasteiger partial charge in [-0.15, -0.1) is 0 Å². The Hall–Kier alpha value is -1.57. The predicted octanol–water partition coefficient (Wildman–Crippen LogP) is 0.956. The van der Waals surface area contributed by atoms with Crippen molar-refractivity contribution in [1.29, 1.82) is 0 Å². The molecule has 0 atom stereocenters. The summed E-state index contributed by atoms with van der Waals surface area (Å²) in [6, 6.07) is 7.83. The van der Waals surface area contributed by atoms with Crippen LogP contribution in [0.4, 0.5) is 0 Å². The fraction of sp³-hybridized carbons (Fsp3) is 0.429. The minimum atomic E-state index is -3.07. The molecule has 114 valence electrons. The topological polar surface area (TPSA) is 65.8 Å². The van der Waals surface area contributed by atoms with Gasteiger partial charge in [-0.1, -0.05) is 6.07 Å². The maximum atomic E-state index is 11.5. The van der Waals surface area contributed by atoms with Crippen molar-refractivity contribution in [1.82, 2.24) is 13.9 Å². The van der Waals surface area contributed by atoms with E-state index < -0.39 is 10.0 Å². The quantitative estimate of drug-likeness (QED) is 0.858. The first-order valence-electron chi connectivity index (χ1n) is 6.90. The Bertz CT molecular complexity index is 746. The van der Waals surface area contributed by atoms with Crippen LogP contribution in [0.3, 0.4) is 0 Å². The lowest BCUT2D eigenvalue weighted by Crippen LogP contribution is -2.47. The van der Waals surface area contributed by atoms with Crippen molar-refractivity contribution in [2.75, 3.05) is 32.4 Å². The molecule has 7 heteroatoms. The number of piperazine rings is 1. The zero-order valence-corrected chi connectivity index (χ0v) is 12.8. The summed E-state index contributed by atoms with van der Waals surface area (Å²) in [7, 11) is -3.07. The van der Waals surface area contributed by atoms with Gasteiger partial charge < -0.3 is 5.21 Å². The molecule has 0 radical (unpaired) electrons. The summed E-state index contributed by atoms with van der Waals surface area (Å²) in [5.41, 5.74) is 1.96. The van der Waals surface area contributed by atoms with E-state index in [4.69, 9.17) is 0 Å². The number of aromatic nitrogens is 1. The van der Waals surface area contributed by atoms with E-state index in [2.05, 4.69) is 11.0 Å². The molecule has 0 saturated carbocycles. The van der Waals surface area contributed by atoms with Gasteiger partial charge in [0, 0.05) is 44.3 Å². The molecule has 2 aromatic rings. The molecule has 21 heavy (non-hydrogen) atoms. The summed E-state index contributed by atoms with van der Waals surface area (Å²) >= 11 is 0. The number of nitrogens with zero attached hydrogens (tertiary/aromatic N) is 3. The van der Waals surface area contributed by atoms with Crippen molar-refractivity contribution in [2.24, 2.45) is 0 Å². The molecule has 1 aliphatic heterocycles. The molecule has 0 aliphatic carbocycles. The molecule has 1 aromatic heterocycles. The highest BCUT2D eigenvalue weighted by Crippen LogP contribution is 2.18. The zero-order valence-electron chi connectivity index (χ0n) is 11.9. The maximum absolute atomic E-state index is 11.5. The Morgan fingerprint density at radius 1 is 1.14 bits per heavy atom. The van der Waals surface area contributed by atoms with Gasteiger partial charge in [-0.05, 0) is 23.8 Å². The average Bonchev–Trinajstić information content (AvgIpc) is 2.80. The molecule has 0 spiro atoms. The van der Waals surface area contributed by atoms with Crippen LogP contribution >= 0.6 is 0 Å². The van der Waals surface area contributed by atoms with E-state index in [-0.39, 0.29) is 0 Å². The van der Waals surface area contributed by atoms with Gasteiger partial charge in [0.1, 0.15) is 0 Å². The second-order valence-electron chi connectivity index (χ2n) is 5.49. The molecule has 1 N–H and O–H groups in total. The van der Waals surface area contributed by atoms with E-state index in [1.54, 1.807) is 6.20 Å². The standard InChI is InChI=1S/C14H19N3O3S/c1-21(19,20)16-8-6-15(7-9-16)11-12-2-3-14-13(10-12)4-5-17(14)18/h2-5,10,18H,6-9,11H2,1H3. The van der Waals surface area contributed by atoms with E-state index in [0.29, 0.717) is 13.1 Å². The maximum Gasteiger partial charge on any atom is 0.211 e. The summed E-state index contributed by atoms with van der Waals surface area (Å²) in [6.45, 7) is 3.38. The van der Waals surface area contributed by atoms with Crippen molar-refractivity contribution < 1.29 is 13.6 Å². The Balaban J connectivity index is 1.67. The van der Waals surface area contributed by atoms with Gasteiger partial charge in [0.05, 0.1) is 11.8 Å². The van der Waals surface area contributed by atoms with Gasteiger partial charge >= 0.3 is 0 Å². The predicted molar refractivity (Wildman–Crippen MR) is 80.8 cm³/mol. The van der Waals surface area contributed by atoms with Crippen molar-refractivity contribution in [3.63, 3.8) is 0 Å². The number of sulfonamides is 1. The van der Waals surface area contributed by atoms with Crippen LogP contribution in [0.25, 0.3) is 10.9 Å². The molecule has 3 rings (SSSR count). The van der Waals surface area contributed by atoms with Crippen LogP contribution in [-0.4, -0.2) is 60.0 Å². The van der Waals surface area contributed by atoms with Gasteiger partial charge in [-0.25, -0.2) is 8.42 Å². The van der Waals surface area contributed by atoms with E-state index in [1.807, 2.05) is 18.2 Å².